The monoisotopic (exact) mass is 426 g/mol. The van der Waals surface area contributed by atoms with Crippen LogP contribution in [0.4, 0.5) is 22.0 Å². The quantitative estimate of drug-likeness (QED) is 0.353. The fraction of sp³-hybridized carbons (Fsp3) is 0.391. The van der Waals surface area contributed by atoms with Gasteiger partial charge in [-0.2, -0.15) is 13.2 Å². The van der Waals surface area contributed by atoms with Gasteiger partial charge in [0.05, 0.1) is 0 Å². The molecule has 1 fully saturated rings. The lowest BCUT2D eigenvalue weighted by Gasteiger charge is -2.27. The fourth-order valence-electron chi connectivity index (χ4n) is 3.67. The summed E-state index contributed by atoms with van der Waals surface area (Å²) in [4.78, 5) is 0. The third-order valence-electron chi connectivity index (χ3n) is 5.42. The normalized spacial score (nSPS) is 19.4. The highest BCUT2D eigenvalue weighted by Gasteiger charge is 2.34. The van der Waals surface area contributed by atoms with Crippen LogP contribution in [0.3, 0.4) is 0 Å². The molecule has 0 amide bonds. The molecule has 2 aromatic rings. The largest absolute Gasteiger partial charge is 0.480 e. The molecule has 1 aliphatic rings. The maximum Gasteiger partial charge on any atom is 0.433 e. The van der Waals surface area contributed by atoms with Gasteiger partial charge in [0.15, 0.2) is 18.2 Å². The van der Waals surface area contributed by atoms with Crippen LogP contribution in [-0.2, 0) is 0 Å². The number of hydrogen-bond donors (Lipinski definition) is 0. The van der Waals surface area contributed by atoms with E-state index in [1.54, 1.807) is 0 Å². The van der Waals surface area contributed by atoms with Gasteiger partial charge in [0.1, 0.15) is 11.6 Å². The first-order chi connectivity index (χ1) is 14.2. The molecule has 0 atom stereocenters. The van der Waals surface area contributed by atoms with Crippen molar-refractivity contribution in [1.82, 2.24) is 0 Å². The van der Waals surface area contributed by atoms with Gasteiger partial charge in [-0.05, 0) is 67.7 Å². The first-order valence-electron chi connectivity index (χ1n) is 9.76. The predicted octanol–water partition coefficient (Wildman–Crippen LogP) is 6.92. The summed E-state index contributed by atoms with van der Waals surface area (Å²) in [6, 6.07) is 5.91. The van der Waals surface area contributed by atoms with Gasteiger partial charge >= 0.3 is 6.11 Å². The van der Waals surface area contributed by atoms with Crippen LogP contribution in [0, 0.1) is 30.3 Å². The van der Waals surface area contributed by atoms with E-state index in [0.717, 1.165) is 37.8 Å². The number of ether oxygens (including phenoxy) is 2. The highest BCUT2D eigenvalue weighted by atomic mass is 19.3. The Bertz CT molecular complexity index is 905. The van der Waals surface area contributed by atoms with Gasteiger partial charge in [0.25, 0.3) is 0 Å². The molecule has 3 rings (SSSR count). The van der Waals surface area contributed by atoms with Crippen molar-refractivity contribution in [2.75, 3.05) is 6.61 Å². The number of halogens is 5. The second-order valence-corrected chi connectivity index (χ2v) is 7.57. The Kier molecular flexibility index (Phi) is 6.68. The van der Waals surface area contributed by atoms with Crippen LogP contribution in [-0.4, -0.2) is 12.7 Å². The average molecular weight is 426 g/mol. The molecule has 7 heteroatoms. The van der Waals surface area contributed by atoms with E-state index in [-0.39, 0.29) is 17.2 Å². The maximum atomic E-state index is 14.5. The predicted molar refractivity (Wildman–Crippen MR) is 103 cm³/mol. The summed E-state index contributed by atoms with van der Waals surface area (Å²) in [7, 11) is 0. The van der Waals surface area contributed by atoms with Crippen molar-refractivity contribution in [2.24, 2.45) is 5.92 Å². The molecule has 0 bridgehead atoms. The highest BCUT2D eigenvalue weighted by Crippen LogP contribution is 2.38. The zero-order valence-corrected chi connectivity index (χ0v) is 16.6. The van der Waals surface area contributed by atoms with E-state index in [2.05, 4.69) is 16.1 Å². The molecule has 0 heterocycles. The van der Waals surface area contributed by atoms with E-state index in [1.165, 1.54) is 25.1 Å². The van der Waals surface area contributed by atoms with E-state index in [4.69, 9.17) is 0 Å². The molecule has 0 aliphatic heterocycles. The van der Waals surface area contributed by atoms with Crippen molar-refractivity contribution < 1.29 is 31.4 Å². The zero-order valence-electron chi connectivity index (χ0n) is 16.6. The van der Waals surface area contributed by atoms with E-state index >= 15 is 0 Å². The van der Waals surface area contributed by atoms with Crippen LogP contribution in [0.15, 0.2) is 43.0 Å². The Morgan fingerprint density at radius 2 is 1.73 bits per heavy atom. The van der Waals surface area contributed by atoms with Crippen LogP contribution in [0.1, 0.15) is 42.7 Å². The molecule has 1 aliphatic carbocycles. The summed E-state index contributed by atoms with van der Waals surface area (Å²) >= 11 is 0. The van der Waals surface area contributed by atoms with Crippen molar-refractivity contribution in [1.29, 1.82) is 0 Å². The number of allylic oxidation sites excluding steroid dienone is 1. The maximum absolute atomic E-state index is 14.5. The van der Waals surface area contributed by atoms with Crippen molar-refractivity contribution in [3.8, 4) is 11.5 Å². The first kappa shape index (κ1) is 22.1. The average Bonchev–Trinajstić information content (AvgIpc) is 2.71. The number of aryl methyl sites for hydroxylation is 1. The van der Waals surface area contributed by atoms with Crippen molar-refractivity contribution in [3.63, 3.8) is 0 Å². The van der Waals surface area contributed by atoms with E-state index < -0.39 is 35.9 Å². The molecule has 0 radical (unpaired) electrons. The summed E-state index contributed by atoms with van der Waals surface area (Å²) < 4.78 is 79.2. The van der Waals surface area contributed by atoms with Gasteiger partial charge in [0.2, 0.25) is 5.82 Å². The van der Waals surface area contributed by atoms with Gasteiger partial charge in [0, 0.05) is 6.07 Å². The second kappa shape index (κ2) is 9.06. The molecule has 30 heavy (non-hydrogen) atoms. The number of hydrogen-bond acceptors (Lipinski definition) is 2. The van der Waals surface area contributed by atoms with Crippen molar-refractivity contribution in [3.05, 3.63) is 71.6 Å². The van der Waals surface area contributed by atoms with Crippen LogP contribution < -0.4 is 9.47 Å². The Labute approximate surface area is 172 Å². The smallest absolute Gasteiger partial charge is 0.433 e. The lowest BCUT2D eigenvalue weighted by molar-refractivity contribution is -0.195. The van der Waals surface area contributed by atoms with Gasteiger partial charge in [-0.3, -0.25) is 0 Å². The number of benzene rings is 2. The molecule has 0 N–H and O–H groups in total. The molecule has 0 unspecified atom stereocenters. The summed E-state index contributed by atoms with van der Waals surface area (Å²) in [5, 5.41) is 0. The minimum absolute atomic E-state index is 0.0244. The third kappa shape index (κ3) is 5.12. The first-order valence-corrected chi connectivity index (χ1v) is 9.76. The third-order valence-corrected chi connectivity index (χ3v) is 5.42. The summed E-state index contributed by atoms with van der Waals surface area (Å²) in [5.74, 6) is -3.71. The van der Waals surface area contributed by atoms with E-state index in [9.17, 15) is 22.0 Å². The molecule has 1 saturated carbocycles. The molecule has 2 nitrogen and oxygen atoms in total. The van der Waals surface area contributed by atoms with Gasteiger partial charge in [-0.1, -0.05) is 18.2 Å². The molecular formula is C23H23F5O2. The SMILES string of the molecule is C=CC1CCC(c2ccc(OC(F)(F)COc3ccc(C)c(F)c3F)cc2F)CC1. The fourth-order valence-corrected chi connectivity index (χ4v) is 3.67. The molecule has 2 aromatic carbocycles. The van der Waals surface area contributed by atoms with Crippen LogP contribution in [0.25, 0.3) is 0 Å². The Hall–Kier alpha value is -2.57. The highest BCUT2D eigenvalue weighted by molar-refractivity contribution is 5.32. The van der Waals surface area contributed by atoms with E-state index in [1.807, 2.05) is 6.08 Å². The van der Waals surface area contributed by atoms with Crippen LogP contribution >= 0.6 is 0 Å². The minimum Gasteiger partial charge on any atom is -0.480 e. The number of rotatable bonds is 7. The second-order valence-electron chi connectivity index (χ2n) is 7.57. The van der Waals surface area contributed by atoms with Crippen molar-refractivity contribution in [2.45, 2.75) is 44.6 Å². The molecular weight excluding hydrogens is 403 g/mol. The Morgan fingerprint density at radius 3 is 2.37 bits per heavy atom. The molecule has 0 saturated heterocycles. The summed E-state index contributed by atoms with van der Waals surface area (Å²) in [5.41, 5.74) is 0.498. The van der Waals surface area contributed by atoms with Crippen LogP contribution in [0.5, 0.6) is 11.5 Å². The summed E-state index contributed by atoms with van der Waals surface area (Å²) in [6.07, 6.45) is 1.47. The standard InChI is InChI=1S/C23H23F5O2/c1-3-15-5-7-16(8-6-15)18-10-9-17(12-19(18)24)30-23(27,28)13-29-20-11-4-14(2)21(25)22(20)26/h3-4,9-12,15-16H,1,5-8,13H2,2H3. The van der Waals surface area contributed by atoms with Crippen LogP contribution in [0.2, 0.25) is 0 Å². The van der Waals surface area contributed by atoms with Gasteiger partial charge < -0.3 is 9.47 Å². The number of alkyl halides is 2. The van der Waals surface area contributed by atoms with Crippen molar-refractivity contribution >= 4 is 0 Å². The lowest BCUT2D eigenvalue weighted by atomic mass is 9.78. The lowest BCUT2D eigenvalue weighted by Crippen LogP contribution is -2.32. The molecule has 0 spiro atoms. The zero-order chi connectivity index (χ0) is 21.9. The van der Waals surface area contributed by atoms with Gasteiger partial charge in [-0.15, -0.1) is 6.58 Å². The molecule has 162 valence electrons. The van der Waals surface area contributed by atoms with Gasteiger partial charge in [-0.25, -0.2) is 8.78 Å². The molecule has 0 aromatic heterocycles. The topological polar surface area (TPSA) is 18.5 Å². The minimum atomic E-state index is -3.87. The van der Waals surface area contributed by atoms with E-state index in [0.29, 0.717) is 11.5 Å². The Balaban J connectivity index is 1.63. The Morgan fingerprint density at radius 1 is 1.03 bits per heavy atom. The summed E-state index contributed by atoms with van der Waals surface area (Å²) in [6.45, 7) is 3.76.